The Hall–Kier alpha value is -2.73. The zero-order valence-corrected chi connectivity index (χ0v) is 15.0. The number of benzene rings is 2. The highest BCUT2D eigenvalue weighted by Gasteiger charge is 2.55. The number of hydrogen-bond donors (Lipinski definition) is 0. The fourth-order valence-electron chi connectivity index (χ4n) is 3.02. The zero-order chi connectivity index (χ0) is 18.9. The van der Waals surface area contributed by atoms with Gasteiger partial charge >= 0.3 is 5.97 Å². The summed E-state index contributed by atoms with van der Waals surface area (Å²) in [6.07, 6.45) is -0.711. The van der Waals surface area contributed by atoms with E-state index >= 15 is 0 Å². The van der Waals surface area contributed by atoms with E-state index in [1.807, 2.05) is 26.8 Å². The summed E-state index contributed by atoms with van der Waals surface area (Å²) in [4.78, 5) is 23.9. The standard InChI is InChI=1S/C20H21NO5/c1-19(2,3)18-25-17(22)20(26-18,15-10-5-4-6-11-15)13-14-9-7-8-12-16(14)21(23)24/h4-12,18H,13H2,1-3H3/t18-,20+/m1/s1. The maximum Gasteiger partial charge on any atom is 0.345 e. The molecule has 1 heterocycles. The quantitative estimate of drug-likeness (QED) is 0.471. The number of para-hydroxylation sites is 1. The summed E-state index contributed by atoms with van der Waals surface area (Å²) in [6.45, 7) is 5.74. The minimum Gasteiger partial charge on any atom is -0.433 e. The Labute approximate surface area is 151 Å². The lowest BCUT2D eigenvalue weighted by Gasteiger charge is -2.28. The lowest BCUT2D eigenvalue weighted by Crippen LogP contribution is -2.37. The van der Waals surface area contributed by atoms with E-state index in [0.29, 0.717) is 11.1 Å². The van der Waals surface area contributed by atoms with Crippen LogP contribution in [0.4, 0.5) is 5.69 Å². The number of nitro groups is 1. The van der Waals surface area contributed by atoms with Gasteiger partial charge in [0.05, 0.1) is 4.92 Å². The van der Waals surface area contributed by atoms with Gasteiger partial charge < -0.3 is 9.47 Å². The Morgan fingerprint density at radius 3 is 2.27 bits per heavy atom. The first-order chi connectivity index (χ1) is 12.2. The summed E-state index contributed by atoms with van der Waals surface area (Å²) in [6, 6.07) is 15.4. The van der Waals surface area contributed by atoms with Crippen LogP contribution in [0.15, 0.2) is 54.6 Å². The van der Waals surface area contributed by atoms with Gasteiger partial charge in [-0.1, -0.05) is 69.3 Å². The second-order valence-corrected chi connectivity index (χ2v) is 7.48. The molecule has 0 unspecified atom stereocenters. The predicted octanol–water partition coefficient (Wildman–Crippen LogP) is 3.98. The molecule has 0 amide bonds. The monoisotopic (exact) mass is 355 g/mol. The van der Waals surface area contributed by atoms with Crippen LogP contribution in [-0.4, -0.2) is 17.2 Å². The number of rotatable bonds is 4. The number of carbonyl (C=O) groups excluding carboxylic acids is 1. The van der Waals surface area contributed by atoms with Crippen molar-refractivity contribution in [2.75, 3.05) is 0 Å². The summed E-state index contributed by atoms with van der Waals surface area (Å²) < 4.78 is 11.7. The highest BCUT2D eigenvalue weighted by Crippen LogP contribution is 2.43. The summed E-state index contributed by atoms with van der Waals surface area (Å²) in [5, 5.41) is 11.4. The van der Waals surface area contributed by atoms with E-state index in [1.165, 1.54) is 6.07 Å². The molecule has 0 spiro atoms. The fourth-order valence-corrected chi connectivity index (χ4v) is 3.02. The molecule has 26 heavy (non-hydrogen) atoms. The molecular weight excluding hydrogens is 334 g/mol. The fraction of sp³-hybridized carbons (Fsp3) is 0.350. The molecule has 0 saturated carbocycles. The van der Waals surface area contributed by atoms with Crippen molar-refractivity contribution in [3.05, 3.63) is 75.8 Å². The number of carbonyl (C=O) groups is 1. The van der Waals surface area contributed by atoms with Crippen LogP contribution in [0.2, 0.25) is 0 Å². The number of ether oxygens (including phenoxy) is 2. The van der Waals surface area contributed by atoms with Gasteiger partial charge in [0.25, 0.3) is 5.69 Å². The van der Waals surface area contributed by atoms with E-state index < -0.39 is 28.2 Å². The lowest BCUT2D eigenvalue weighted by atomic mass is 9.86. The molecule has 0 bridgehead atoms. The van der Waals surface area contributed by atoms with E-state index in [1.54, 1.807) is 42.5 Å². The summed E-state index contributed by atoms with van der Waals surface area (Å²) in [7, 11) is 0. The topological polar surface area (TPSA) is 78.7 Å². The molecular formula is C20H21NO5. The first-order valence-corrected chi connectivity index (χ1v) is 8.41. The maximum absolute atomic E-state index is 12.9. The molecule has 6 heteroatoms. The van der Waals surface area contributed by atoms with Gasteiger partial charge in [0.15, 0.2) is 5.60 Å². The Bertz CT molecular complexity index is 828. The van der Waals surface area contributed by atoms with Crippen molar-refractivity contribution in [2.24, 2.45) is 5.41 Å². The van der Waals surface area contributed by atoms with Crippen LogP contribution >= 0.6 is 0 Å². The summed E-state index contributed by atoms with van der Waals surface area (Å²) in [5.74, 6) is -0.526. The summed E-state index contributed by atoms with van der Waals surface area (Å²) in [5.41, 5.74) is -0.832. The lowest BCUT2D eigenvalue weighted by molar-refractivity contribution is -0.385. The Kier molecular flexibility index (Phi) is 4.54. The number of nitro benzene ring substituents is 1. The van der Waals surface area contributed by atoms with Gasteiger partial charge in [0.2, 0.25) is 6.29 Å². The van der Waals surface area contributed by atoms with Gasteiger partial charge in [0.1, 0.15) is 0 Å². The van der Waals surface area contributed by atoms with Crippen LogP contribution in [-0.2, 0) is 26.3 Å². The molecule has 136 valence electrons. The SMILES string of the molecule is CC(C)(C)[C@@H]1OC(=O)[C@](Cc2ccccc2[N+](=O)[O-])(c2ccccc2)O1. The van der Waals surface area contributed by atoms with Crippen LogP contribution in [0.1, 0.15) is 31.9 Å². The van der Waals surface area contributed by atoms with Crippen molar-refractivity contribution in [3.63, 3.8) is 0 Å². The van der Waals surface area contributed by atoms with E-state index in [0.717, 1.165) is 0 Å². The first-order valence-electron chi connectivity index (χ1n) is 8.41. The van der Waals surface area contributed by atoms with Crippen molar-refractivity contribution in [2.45, 2.75) is 39.1 Å². The number of hydrogen-bond acceptors (Lipinski definition) is 5. The van der Waals surface area contributed by atoms with Crippen LogP contribution in [0, 0.1) is 15.5 Å². The van der Waals surface area contributed by atoms with Crippen LogP contribution in [0.3, 0.4) is 0 Å². The summed E-state index contributed by atoms with van der Waals surface area (Å²) >= 11 is 0. The van der Waals surface area contributed by atoms with E-state index in [4.69, 9.17) is 9.47 Å². The Morgan fingerprint density at radius 1 is 1.08 bits per heavy atom. The molecule has 2 aromatic rings. The third-order valence-electron chi connectivity index (χ3n) is 4.43. The van der Waals surface area contributed by atoms with Gasteiger partial charge in [-0.05, 0) is 5.56 Å². The zero-order valence-electron chi connectivity index (χ0n) is 15.0. The van der Waals surface area contributed by atoms with Gasteiger partial charge in [-0.3, -0.25) is 10.1 Å². The van der Waals surface area contributed by atoms with Gasteiger partial charge in [-0.25, -0.2) is 4.79 Å². The van der Waals surface area contributed by atoms with E-state index in [9.17, 15) is 14.9 Å². The maximum atomic E-state index is 12.9. The molecule has 0 aromatic heterocycles. The molecule has 1 aliphatic heterocycles. The third kappa shape index (κ3) is 3.20. The normalized spacial score (nSPS) is 22.9. The second kappa shape index (κ2) is 6.53. The molecule has 3 rings (SSSR count). The number of cyclic esters (lactones) is 1. The average molecular weight is 355 g/mol. The minimum absolute atomic E-state index is 0.0274. The number of esters is 1. The largest absolute Gasteiger partial charge is 0.433 e. The first kappa shape index (κ1) is 18.1. The Morgan fingerprint density at radius 2 is 1.69 bits per heavy atom. The molecule has 0 N–H and O–H groups in total. The van der Waals surface area contributed by atoms with Crippen molar-refractivity contribution >= 4 is 11.7 Å². The molecule has 1 aliphatic rings. The van der Waals surface area contributed by atoms with Gasteiger partial charge in [0, 0.05) is 23.5 Å². The predicted molar refractivity (Wildman–Crippen MR) is 95.3 cm³/mol. The molecule has 1 saturated heterocycles. The van der Waals surface area contributed by atoms with Crippen LogP contribution in [0.25, 0.3) is 0 Å². The smallest absolute Gasteiger partial charge is 0.345 e. The van der Waals surface area contributed by atoms with Crippen LogP contribution < -0.4 is 0 Å². The van der Waals surface area contributed by atoms with Crippen molar-refractivity contribution in [3.8, 4) is 0 Å². The number of nitrogens with zero attached hydrogens (tertiary/aromatic N) is 1. The van der Waals surface area contributed by atoms with Crippen molar-refractivity contribution in [1.29, 1.82) is 0 Å². The van der Waals surface area contributed by atoms with Crippen LogP contribution in [0.5, 0.6) is 0 Å². The molecule has 0 radical (unpaired) electrons. The molecule has 2 atom stereocenters. The van der Waals surface area contributed by atoms with Gasteiger partial charge in [-0.15, -0.1) is 0 Å². The highest BCUT2D eigenvalue weighted by atomic mass is 16.8. The van der Waals surface area contributed by atoms with E-state index in [-0.39, 0.29) is 12.1 Å². The molecule has 2 aromatic carbocycles. The average Bonchev–Trinajstić information content (AvgIpc) is 2.94. The highest BCUT2D eigenvalue weighted by molar-refractivity contribution is 5.83. The Balaban J connectivity index is 2.10. The minimum atomic E-state index is -1.41. The molecule has 1 fully saturated rings. The van der Waals surface area contributed by atoms with Crippen molar-refractivity contribution in [1.82, 2.24) is 0 Å². The molecule has 0 aliphatic carbocycles. The van der Waals surface area contributed by atoms with Gasteiger partial charge in [-0.2, -0.15) is 0 Å². The second-order valence-electron chi connectivity index (χ2n) is 7.48. The van der Waals surface area contributed by atoms with Crippen molar-refractivity contribution < 1.29 is 19.2 Å². The third-order valence-corrected chi connectivity index (χ3v) is 4.43. The van der Waals surface area contributed by atoms with E-state index in [2.05, 4.69) is 0 Å². The molecule has 6 nitrogen and oxygen atoms in total.